The van der Waals surface area contributed by atoms with Crippen molar-refractivity contribution >= 4 is 28.8 Å². The van der Waals surface area contributed by atoms with Crippen molar-refractivity contribution < 1.29 is 0 Å². The fourth-order valence-electron chi connectivity index (χ4n) is 2.15. The van der Waals surface area contributed by atoms with E-state index in [0.29, 0.717) is 18.2 Å². The quantitative estimate of drug-likeness (QED) is 0.672. The molecule has 0 amide bonds. The van der Waals surface area contributed by atoms with Gasteiger partial charge in [0.25, 0.3) is 5.56 Å². The fourth-order valence-corrected chi connectivity index (χ4v) is 2.32. The van der Waals surface area contributed by atoms with Crippen LogP contribution in [0.3, 0.4) is 0 Å². The summed E-state index contributed by atoms with van der Waals surface area (Å²) in [6.07, 6.45) is 1.72. The summed E-state index contributed by atoms with van der Waals surface area (Å²) < 4.78 is 1.39. The summed E-state index contributed by atoms with van der Waals surface area (Å²) >= 11 is 5.28. The van der Waals surface area contributed by atoms with Gasteiger partial charge in [0.15, 0.2) is 10.8 Å². The van der Waals surface area contributed by atoms with Gasteiger partial charge in [-0.3, -0.25) is 14.3 Å². The molecule has 0 unspecified atom stereocenters. The molecule has 1 rings (SSSR count). The van der Waals surface area contributed by atoms with Crippen molar-refractivity contribution in [2.24, 2.45) is 5.92 Å². The van der Waals surface area contributed by atoms with Crippen molar-refractivity contribution in [2.75, 3.05) is 24.2 Å². The Labute approximate surface area is 135 Å². The molecule has 0 saturated carbocycles. The van der Waals surface area contributed by atoms with Gasteiger partial charge in [-0.2, -0.15) is 0 Å². The van der Waals surface area contributed by atoms with Crippen LogP contribution in [-0.4, -0.2) is 28.3 Å². The molecule has 0 bridgehead atoms. The van der Waals surface area contributed by atoms with Crippen LogP contribution in [0.1, 0.15) is 33.6 Å². The lowest BCUT2D eigenvalue weighted by Crippen LogP contribution is -2.45. The van der Waals surface area contributed by atoms with Crippen LogP contribution in [0.25, 0.3) is 0 Å². The first-order valence-electron chi connectivity index (χ1n) is 7.45. The maximum Gasteiger partial charge on any atom is 0.330 e. The standard InChI is InChI=1S/C14H25N5O2S/c1-5-6-7-18-11(15)10(12(20)17-13(18)21)19(8-9(2)3)14(22)16-4/h9H,5-8,15H2,1-4H3,(H,16,22)(H,17,20,21). The zero-order chi connectivity index (χ0) is 16.9. The lowest BCUT2D eigenvalue weighted by atomic mass is 10.2. The molecule has 8 heteroatoms. The Hall–Kier alpha value is -1.83. The molecule has 0 aliphatic heterocycles. The number of aromatic amines is 1. The molecule has 0 spiro atoms. The third-order valence-corrected chi connectivity index (χ3v) is 3.65. The van der Waals surface area contributed by atoms with Gasteiger partial charge in [-0.15, -0.1) is 0 Å². The predicted molar refractivity (Wildman–Crippen MR) is 94.5 cm³/mol. The van der Waals surface area contributed by atoms with Gasteiger partial charge in [0, 0.05) is 20.1 Å². The Morgan fingerprint density at radius 2 is 2.09 bits per heavy atom. The monoisotopic (exact) mass is 327 g/mol. The molecule has 0 aliphatic carbocycles. The van der Waals surface area contributed by atoms with E-state index >= 15 is 0 Å². The number of thiocarbonyl (C=S) groups is 1. The van der Waals surface area contributed by atoms with Crippen molar-refractivity contribution in [3.8, 4) is 0 Å². The Morgan fingerprint density at radius 3 is 2.59 bits per heavy atom. The van der Waals surface area contributed by atoms with Crippen LogP contribution >= 0.6 is 12.2 Å². The second kappa shape index (κ2) is 7.98. The third-order valence-electron chi connectivity index (χ3n) is 3.23. The number of hydrogen-bond acceptors (Lipinski definition) is 4. The third kappa shape index (κ3) is 4.09. The normalized spacial score (nSPS) is 10.8. The van der Waals surface area contributed by atoms with Crippen molar-refractivity contribution in [3.63, 3.8) is 0 Å². The van der Waals surface area contributed by atoms with Crippen molar-refractivity contribution in [2.45, 2.75) is 40.2 Å². The Kier molecular flexibility index (Phi) is 6.61. The van der Waals surface area contributed by atoms with Gasteiger partial charge < -0.3 is 16.0 Å². The highest BCUT2D eigenvalue weighted by molar-refractivity contribution is 7.80. The van der Waals surface area contributed by atoms with E-state index in [1.807, 2.05) is 20.8 Å². The second-order valence-electron chi connectivity index (χ2n) is 5.56. The van der Waals surface area contributed by atoms with E-state index in [9.17, 15) is 9.59 Å². The number of H-pyrrole nitrogens is 1. The van der Waals surface area contributed by atoms with Crippen LogP contribution in [0, 0.1) is 5.92 Å². The molecule has 124 valence electrons. The molecular formula is C14H25N5O2S. The average Bonchev–Trinajstić information content (AvgIpc) is 2.44. The molecule has 0 aliphatic rings. The molecule has 0 fully saturated rings. The minimum absolute atomic E-state index is 0.153. The van der Waals surface area contributed by atoms with Crippen molar-refractivity contribution in [3.05, 3.63) is 20.8 Å². The predicted octanol–water partition coefficient (Wildman–Crippen LogP) is 0.886. The number of unbranched alkanes of at least 4 members (excludes halogenated alkanes) is 1. The number of hydrogen-bond donors (Lipinski definition) is 3. The zero-order valence-electron chi connectivity index (χ0n) is 13.6. The average molecular weight is 327 g/mol. The summed E-state index contributed by atoms with van der Waals surface area (Å²) in [7, 11) is 1.69. The molecule has 22 heavy (non-hydrogen) atoms. The maximum absolute atomic E-state index is 12.3. The molecule has 0 saturated heterocycles. The summed E-state index contributed by atoms with van der Waals surface area (Å²) in [5.74, 6) is 0.418. The van der Waals surface area contributed by atoms with E-state index in [-0.39, 0.29) is 17.4 Å². The van der Waals surface area contributed by atoms with Crippen LogP contribution in [-0.2, 0) is 6.54 Å². The van der Waals surface area contributed by atoms with Crippen LogP contribution < -0.4 is 27.2 Å². The highest BCUT2D eigenvalue weighted by atomic mass is 32.1. The van der Waals surface area contributed by atoms with E-state index in [1.54, 1.807) is 11.9 Å². The van der Waals surface area contributed by atoms with E-state index in [4.69, 9.17) is 18.0 Å². The van der Waals surface area contributed by atoms with E-state index in [1.165, 1.54) is 4.57 Å². The molecule has 0 atom stereocenters. The first-order chi connectivity index (χ1) is 10.3. The summed E-state index contributed by atoms with van der Waals surface area (Å²) in [4.78, 5) is 28.2. The van der Waals surface area contributed by atoms with Gasteiger partial charge in [0.1, 0.15) is 5.82 Å². The smallest absolute Gasteiger partial charge is 0.330 e. The number of anilines is 2. The lowest BCUT2D eigenvalue weighted by Gasteiger charge is -2.27. The van der Waals surface area contributed by atoms with Crippen molar-refractivity contribution in [1.29, 1.82) is 0 Å². The number of nitrogens with two attached hydrogens (primary N) is 1. The van der Waals surface area contributed by atoms with E-state index < -0.39 is 11.2 Å². The van der Waals surface area contributed by atoms with Crippen LogP contribution in [0.15, 0.2) is 9.59 Å². The Morgan fingerprint density at radius 1 is 1.45 bits per heavy atom. The van der Waals surface area contributed by atoms with Gasteiger partial charge in [-0.1, -0.05) is 27.2 Å². The number of aromatic nitrogens is 2. The highest BCUT2D eigenvalue weighted by Gasteiger charge is 2.22. The van der Waals surface area contributed by atoms with Gasteiger partial charge in [-0.05, 0) is 24.6 Å². The van der Waals surface area contributed by atoms with E-state index in [2.05, 4.69) is 10.3 Å². The van der Waals surface area contributed by atoms with Gasteiger partial charge in [0.05, 0.1) is 0 Å². The van der Waals surface area contributed by atoms with E-state index in [0.717, 1.165) is 12.8 Å². The molecule has 1 aromatic heterocycles. The summed E-state index contributed by atoms with van der Waals surface area (Å²) in [5, 5.41) is 3.26. The Balaban J connectivity index is 3.45. The lowest BCUT2D eigenvalue weighted by molar-refractivity contribution is 0.601. The number of rotatable bonds is 6. The fraction of sp³-hybridized carbons (Fsp3) is 0.643. The first-order valence-corrected chi connectivity index (χ1v) is 7.86. The molecule has 1 aromatic rings. The summed E-state index contributed by atoms with van der Waals surface area (Å²) in [5.41, 5.74) is 5.33. The number of nitrogen functional groups attached to an aromatic ring is 1. The highest BCUT2D eigenvalue weighted by Crippen LogP contribution is 2.18. The largest absolute Gasteiger partial charge is 0.383 e. The van der Waals surface area contributed by atoms with Crippen LogP contribution in [0.5, 0.6) is 0 Å². The van der Waals surface area contributed by atoms with Gasteiger partial charge >= 0.3 is 5.69 Å². The summed E-state index contributed by atoms with van der Waals surface area (Å²) in [6, 6.07) is 0. The molecule has 0 aromatic carbocycles. The number of nitrogens with one attached hydrogen (secondary N) is 2. The summed E-state index contributed by atoms with van der Waals surface area (Å²) in [6.45, 7) is 7.05. The second-order valence-corrected chi connectivity index (χ2v) is 5.94. The van der Waals surface area contributed by atoms with Crippen molar-refractivity contribution in [1.82, 2.24) is 14.9 Å². The van der Waals surface area contributed by atoms with Gasteiger partial charge in [-0.25, -0.2) is 4.79 Å². The topological polar surface area (TPSA) is 96.2 Å². The SMILES string of the molecule is CCCCn1c(N)c(N(CC(C)C)C(=S)NC)c(=O)[nH]c1=O. The molecular weight excluding hydrogens is 302 g/mol. The van der Waals surface area contributed by atoms with Gasteiger partial charge in [0.2, 0.25) is 0 Å². The molecule has 4 N–H and O–H groups in total. The maximum atomic E-state index is 12.3. The minimum Gasteiger partial charge on any atom is -0.383 e. The first kappa shape index (κ1) is 18.2. The Bertz CT molecular complexity index is 635. The molecule has 0 radical (unpaired) electrons. The molecule has 7 nitrogen and oxygen atoms in total. The minimum atomic E-state index is -0.520. The molecule has 1 heterocycles. The van der Waals surface area contributed by atoms with Crippen LogP contribution in [0.4, 0.5) is 11.5 Å². The zero-order valence-corrected chi connectivity index (χ0v) is 14.4. The van der Waals surface area contributed by atoms with Crippen LogP contribution in [0.2, 0.25) is 0 Å². The number of nitrogens with zero attached hydrogens (tertiary/aromatic N) is 2.